The molecule has 0 radical (unpaired) electrons. The smallest absolute Gasteiger partial charge is 0.110 e. The molecule has 1 fully saturated rings. The normalized spacial score (nSPS) is 26.1. The average Bonchev–Trinajstić information content (AvgIpc) is 2.83. The zero-order chi connectivity index (χ0) is 13.2. The van der Waals surface area contributed by atoms with Crippen LogP contribution in [0.25, 0.3) is 0 Å². The Morgan fingerprint density at radius 3 is 2.89 bits per heavy atom. The van der Waals surface area contributed by atoms with Crippen molar-refractivity contribution in [2.45, 2.75) is 58.2 Å². The molecule has 1 aromatic rings. The third kappa shape index (κ3) is 2.92. The SMILES string of the molecule is CCC1CNC(C)(C)CN1C(CC)c1nccs1. The van der Waals surface area contributed by atoms with Gasteiger partial charge in [-0.1, -0.05) is 13.8 Å². The Bertz CT molecular complexity index is 361. The van der Waals surface area contributed by atoms with Crippen molar-refractivity contribution in [2.75, 3.05) is 13.1 Å². The van der Waals surface area contributed by atoms with Crippen LogP contribution in [0.3, 0.4) is 0 Å². The van der Waals surface area contributed by atoms with Gasteiger partial charge in [-0.15, -0.1) is 11.3 Å². The van der Waals surface area contributed by atoms with Crippen molar-refractivity contribution >= 4 is 11.3 Å². The van der Waals surface area contributed by atoms with Gasteiger partial charge in [0.25, 0.3) is 0 Å². The molecule has 2 heterocycles. The number of aromatic nitrogens is 1. The van der Waals surface area contributed by atoms with Crippen LogP contribution in [-0.2, 0) is 0 Å². The van der Waals surface area contributed by atoms with Gasteiger partial charge in [0.05, 0.1) is 6.04 Å². The summed E-state index contributed by atoms with van der Waals surface area (Å²) in [5.74, 6) is 0. The molecular weight excluding hydrogens is 242 g/mol. The van der Waals surface area contributed by atoms with Gasteiger partial charge in [-0.2, -0.15) is 0 Å². The molecule has 1 aliphatic rings. The Morgan fingerprint density at radius 2 is 2.33 bits per heavy atom. The van der Waals surface area contributed by atoms with Crippen LogP contribution in [0.5, 0.6) is 0 Å². The van der Waals surface area contributed by atoms with Gasteiger partial charge in [0.15, 0.2) is 0 Å². The van der Waals surface area contributed by atoms with Crippen molar-refractivity contribution in [1.82, 2.24) is 15.2 Å². The van der Waals surface area contributed by atoms with Crippen LogP contribution in [0.15, 0.2) is 11.6 Å². The van der Waals surface area contributed by atoms with Crippen molar-refractivity contribution in [3.8, 4) is 0 Å². The van der Waals surface area contributed by atoms with Crippen molar-refractivity contribution in [3.05, 3.63) is 16.6 Å². The second kappa shape index (κ2) is 5.68. The van der Waals surface area contributed by atoms with E-state index >= 15 is 0 Å². The maximum atomic E-state index is 4.54. The Kier molecular flexibility index (Phi) is 4.41. The number of nitrogens with zero attached hydrogens (tertiary/aromatic N) is 2. The Hall–Kier alpha value is -0.450. The van der Waals surface area contributed by atoms with E-state index < -0.39 is 0 Å². The third-order valence-corrected chi connectivity index (χ3v) is 4.73. The standard InChI is InChI=1S/C14H25N3S/c1-5-11-9-16-14(3,4)10-17(11)12(6-2)13-15-7-8-18-13/h7-8,11-12,16H,5-6,9-10H2,1-4H3. The monoisotopic (exact) mass is 267 g/mol. The van der Waals surface area contributed by atoms with Crippen molar-refractivity contribution in [3.63, 3.8) is 0 Å². The minimum atomic E-state index is 0.205. The number of piperazine rings is 1. The fourth-order valence-corrected chi connectivity index (χ4v) is 3.69. The lowest BCUT2D eigenvalue weighted by Crippen LogP contribution is -2.61. The minimum Gasteiger partial charge on any atom is -0.309 e. The molecule has 2 unspecified atom stereocenters. The van der Waals surface area contributed by atoms with Crippen LogP contribution in [0.4, 0.5) is 0 Å². The fourth-order valence-electron chi connectivity index (χ4n) is 2.85. The molecule has 1 saturated heterocycles. The molecule has 0 amide bonds. The summed E-state index contributed by atoms with van der Waals surface area (Å²) >= 11 is 1.79. The summed E-state index contributed by atoms with van der Waals surface area (Å²) in [5.41, 5.74) is 0.205. The van der Waals surface area contributed by atoms with Crippen LogP contribution in [-0.4, -0.2) is 34.6 Å². The molecule has 0 aliphatic carbocycles. The molecule has 4 heteroatoms. The van der Waals surface area contributed by atoms with Crippen LogP contribution < -0.4 is 5.32 Å². The van der Waals surface area contributed by atoms with Crippen molar-refractivity contribution in [1.29, 1.82) is 0 Å². The molecule has 0 aromatic carbocycles. The van der Waals surface area contributed by atoms with E-state index in [4.69, 9.17) is 0 Å². The van der Waals surface area contributed by atoms with E-state index in [9.17, 15) is 0 Å². The van der Waals surface area contributed by atoms with Crippen molar-refractivity contribution < 1.29 is 0 Å². The van der Waals surface area contributed by atoms with Crippen LogP contribution in [0.1, 0.15) is 51.6 Å². The maximum absolute atomic E-state index is 4.54. The van der Waals surface area contributed by atoms with E-state index in [1.54, 1.807) is 11.3 Å². The molecule has 1 aromatic heterocycles. The molecule has 2 rings (SSSR count). The van der Waals surface area contributed by atoms with Gasteiger partial charge in [0, 0.05) is 36.2 Å². The Labute approximate surface area is 115 Å². The van der Waals surface area contributed by atoms with Crippen LogP contribution in [0, 0.1) is 0 Å². The molecule has 1 aliphatic heterocycles. The fraction of sp³-hybridized carbons (Fsp3) is 0.786. The first-order chi connectivity index (χ1) is 8.57. The van der Waals surface area contributed by atoms with Crippen LogP contribution >= 0.6 is 11.3 Å². The lowest BCUT2D eigenvalue weighted by Gasteiger charge is -2.47. The van der Waals surface area contributed by atoms with Gasteiger partial charge < -0.3 is 5.32 Å². The summed E-state index contributed by atoms with van der Waals surface area (Å²) in [4.78, 5) is 7.20. The highest BCUT2D eigenvalue weighted by Gasteiger charge is 2.36. The summed E-state index contributed by atoms with van der Waals surface area (Å²) < 4.78 is 0. The zero-order valence-electron chi connectivity index (χ0n) is 11.9. The molecule has 1 N–H and O–H groups in total. The molecule has 18 heavy (non-hydrogen) atoms. The van der Waals surface area contributed by atoms with E-state index in [0.717, 1.165) is 19.5 Å². The lowest BCUT2D eigenvalue weighted by molar-refractivity contribution is 0.0492. The highest BCUT2D eigenvalue weighted by atomic mass is 32.1. The Balaban J connectivity index is 2.20. The first kappa shape index (κ1) is 14.0. The van der Waals surface area contributed by atoms with Gasteiger partial charge >= 0.3 is 0 Å². The van der Waals surface area contributed by atoms with E-state index in [0.29, 0.717) is 12.1 Å². The molecule has 0 spiro atoms. The minimum absolute atomic E-state index is 0.205. The van der Waals surface area contributed by atoms with Crippen LogP contribution in [0.2, 0.25) is 0 Å². The highest BCUT2D eigenvalue weighted by Crippen LogP contribution is 2.31. The average molecular weight is 267 g/mol. The van der Waals surface area contributed by atoms with Gasteiger partial charge in [0.2, 0.25) is 0 Å². The van der Waals surface area contributed by atoms with Gasteiger partial charge in [-0.3, -0.25) is 4.90 Å². The summed E-state index contributed by atoms with van der Waals surface area (Å²) in [7, 11) is 0. The van der Waals surface area contributed by atoms with Gasteiger partial charge in [0.1, 0.15) is 5.01 Å². The largest absolute Gasteiger partial charge is 0.309 e. The summed E-state index contributed by atoms with van der Waals surface area (Å²) in [6.07, 6.45) is 4.27. The number of hydrogen-bond donors (Lipinski definition) is 1. The lowest BCUT2D eigenvalue weighted by atomic mass is 9.95. The molecular formula is C14H25N3S. The molecule has 2 atom stereocenters. The Morgan fingerprint density at radius 1 is 1.56 bits per heavy atom. The summed E-state index contributed by atoms with van der Waals surface area (Å²) in [6.45, 7) is 11.3. The zero-order valence-corrected chi connectivity index (χ0v) is 12.8. The maximum Gasteiger partial charge on any atom is 0.110 e. The molecule has 0 saturated carbocycles. The summed E-state index contributed by atoms with van der Waals surface area (Å²) in [6, 6.07) is 1.11. The van der Waals surface area contributed by atoms with E-state index in [-0.39, 0.29) is 5.54 Å². The molecule has 102 valence electrons. The van der Waals surface area contributed by atoms with E-state index in [1.807, 2.05) is 6.20 Å². The topological polar surface area (TPSA) is 28.2 Å². The highest BCUT2D eigenvalue weighted by molar-refractivity contribution is 7.09. The number of nitrogens with one attached hydrogen (secondary N) is 1. The first-order valence-corrected chi connectivity index (χ1v) is 7.85. The van der Waals surface area contributed by atoms with E-state index in [2.05, 4.69) is 48.3 Å². The first-order valence-electron chi connectivity index (χ1n) is 6.97. The number of hydrogen-bond acceptors (Lipinski definition) is 4. The van der Waals surface area contributed by atoms with E-state index in [1.165, 1.54) is 11.4 Å². The second-order valence-electron chi connectivity index (χ2n) is 5.79. The second-order valence-corrected chi connectivity index (χ2v) is 6.72. The summed E-state index contributed by atoms with van der Waals surface area (Å²) in [5, 5.41) is 7.02. The number of thiazole rings is 1. The van der Waals surface area contributed by atoms with Gasteiger partial charge in [-0.05, 0) is 26.7 Å². The molecule has 3 nitrogen and oxygen atoms in total. The number of rotatable bonds is 4. The van der Waals surface area contributed by atoms with Gasteiger partial charge in [-0.25, -0.2) is 4.98 Å². The molecule has 0 bridgehead atoms. The third-order valence-electron chi connectivity index (χ3n) is 3.86. The van der Waals surface area contributed by atoms with Crippen molar-refractivity contribution in [2.24, 2.45) is 0 Å². The quantitative estimate of drug-likeness (QED) is 0.909. The predicted molar refractivity (Wildman–Crippen MR) is 78.0 cm³/mol. The predicted octanol–water partition coefficient (Wildman–Crippen LogP) is 3.06.